The van der Waals surface area contributed by atoms with Gasteiger partial charge >= 0.3 is 5.97 Å². The van der Waals surface area contributed by atoms with Crippen LogP contribution in [0.15, 0.2) is 24.5 Å². The van der Waals surface area contributed by atoms with E-state index < -0.39 is 22.1 Å². The van der Waals surface area contributed by atoms with Gasteiger partial charge in [0.15, 0.2) is 0 Å². The standard InChI is InChI=1S/C13H20N2O5S/c1-10(2)20-12(8-15-21(3,17)18)9-19-13(16)11-5-4-6-14-7-11/h4-7,10,12,15H,8-9H2,1-3H3. The van der Waals surface area contributed by atoms with Crippen LogP contribution in [0.5, 0.6) is 0 Å². The number of aromatic nitrogens is 1. The second-order valence-corrected chi connectivity index (χ2v) is 6.60. The molecule has 0 fully saturated rings. The van der Waals surface area contributed by atoms with Crippen LogP contribution in [-0.4, -0.2) is 51.0 Å². The van der Waals surface area contributed by atoms with Crippen LogP contribution in [0, 0.1) is 0 Å². The number of carbonyl (C=O) groups is 1. The van der Waals surface area contributed by atoms with Gasteiger partial charge in [-0.25, -0.2) is 17.9 Å². The van der Waals surface area contributed by atoms with E-state index in [1.54, 1.807) is 18.3 Å². The number of hydrogen-bond donors (Lipinski definition) is 1. The van der Waals surface area contributed by atoms with Crippen LogP contribution in [0.25, 0.3) is 0 Å². The summed E-state index contributed by atoms with van der Waals surface area (Å²) in [6.45, 7) is 3.62. The Bertz CT molecular complexity index is 545. The van der Waals surface area contributed by atoms with Gasteiger partial charge in [0.1, 0.15) is 12.7 Å². The molecule has 1 unspecified atom stereocenters. The summed E-state index contributed by atoms with van der Waals surface area (Å²) in [5, 5.41) is 0. The zero-order valence-corrected chi connectivity index (χ0v) is 13.1. The molecule has 8 heteroatoms. The van der Waals surface area contributed by atoms with Crippen LogP contribution in [0.3, 0.4) is 0 Å². The fourth-order valence-corrected chi connectivity index (χ4v) is 2.00. The monoisotopic (exact) mass is 316 g/mol. The molecule has 0 saturated carbocycles. The molecule has 118 valence electrons. The number of nitrogens with one attached hydrogen (secondary N) is 1. The first-order valence-corrected chi connectivity index (χ1v) is 8.34. The first-order chi connectivity index (χ1) is 9.78. The largest absolute Gasteiger partial charge is 0.459 e. The van der Waals surface area contributed by atoms with Crippen molar-refractivity contribution in [1.29, 1.82) is 0 Å². The van der Waals surface area contributed by atoms with Crippen LogP contribution in [-0.2, 0) is 19.5 Å². The average molecular weight is 316 g/mol. The number of ether oxygens (including phenoxy) is 2. The van der Waals surface area contributed by atoms with Gasteiger partial charge in [-0.1, -0.05) is 0 Å². The van der Waals surface area contributed by atoms with Gasteiger partial charge in [-0.3, -0.25) is 4.98 Å². The van der Waals surface area contributed by atoms with Gasteiger partial charge in [-0.05, 0) is 26.0 Å². The Morgan fingerprint density at radius 1 is 1.43 bits per heavy atom. The first kappa shape index (κ1) is 17.5. The van der Waals surface area contributed by atoms with Crippen LogP contribution >= 0.6 is 0 Å². The average Bonchev–Trinajstić information content (AvgIpc) is 2.41. The molecule has 0 aliphatic rings. The first-order valence-electron chi connectivity index (χ1n) is 6.45. The van der Waals surface area contributed by atoms with E-state index in [1.807, 2.05) is 13.8 Å². The van der Waals surface area contributed by atoms with Crippen molar-refractivity contribution in [3.63, 3.8) is 0 Å². The lowest BCUT2D eigenvalue weighted by molar-refractivity contribution is -0.0310. The van der Waals surface area contributed by atoms with Gasteiger partial charge in [-0.2, -0.15) is 0 Å². The molecule has 0 spiro atoms. The lowest BCUT2D eigenvalue weighted by Gasteiger charge is -2.20. The summed E-state index contributed by atoms with van der Waals surface area (Å²) < 4.78 is 35.2. The predicted molar refractivity (Wildman–Crippen MR) is 77.4 cm³/mol. The quantitative estimate of drug-likeness (QED) is 0.705. The highest BCUT2D eigenvalue weighted by atomic mass is 32.2. The molecule has 7 nitrogen and oxygen atoms in total. The minimum Gasteiger partial charge on any atom is -0.459 e. The lowest BCUT2D eigenvalue weighted by atomic mass is 10.3. The highest BCUT2D eigenvalue weighted by Crippen LogP contribution is 2.03. The fourth-order valence-electron chi connectivity index (χ4n) is 1.51. The molecule has 1 N–H and O–H groups in total. The predicted octanol–water partition coefficient (Wildman–Crippen LogP) is 0.581. The Balaban J connectivity index is 2.54. The lowest BCUT2D eigenvalue weighted by Crippen LogP contribution is -2.37. The smallest absolute Gasteiger partial charge is 0.339 e. The van der Waals surface area contributed by atoms with E-state index in [0.29, 0.717) is 5.56 Å². The van der Waals surface area contributed by atoms with Crippen molar-refractivity contribution >= 4 is 16.0 Å². The zero-order valence-electron chi connectivity index (χ0n) is 12.3. The minimum atomic E-state index is -3.33. The number of carbonyl (C=O) groups excluding carboxylic acids is 1. The molecule has 0 bridgehead atoms. The number of nitrogens with zero attached hydrogens (tertiary/aromatic N) is 1. The molecule has 0 aliphatic heterocycles. The molecular weight excluding hydrogens is 296 g/mol. The number of esters is 1. The molecular formula is C13H20N2O5S. The number of pyridine rings is 1. The van der Waals surface area contributed by atoms with Crippen molar-refractivity contribution in [2.24, 2.45) is 0 Å². The van der Waals surface area contributed by atoms with Crippen LogP contribution < -0.4 is 4.72 Å². The van der Waals surface area contributed by atoms with E-state index >= 15 is 0 Å². The Hall–Kier alpha value is -1.51. The molecule has 1 heterocycles. The van der Waals surface area contributed by atoms with E-state index in [0.717, 1.165) is 6.26 Å². The SMILES string of the molecule is CC(C)OC(CNS(C)(=O)=O)COC(=O)c1cccnc1. The van der Waals surface area contributed by atoms with Crippen molar-refractivity contribution in [3.05, 3.63) is 30.1 Å². The summed E-state index contributed by atoms with van der Waals surface area (Å²) in [4.78, 5) is 15.6. The highest BCUT2D eigenvalue weighted by molar-refractivity contribution is 7.88. The van der Waals surface area contributed by atoms with E-state index in [4.69, 9.17) is 9.47 Å². The second-order valence-electron chi connectivity index (χ2n) is 4.77. The van der Waals surface area contributed by atoms with Gasteiger partial charge < -0.3 is 9.47 Å². The summed E-state index contributed by atoms with van der Waals surface area (Å²) in [7, 11) is -3.33. The van der Waals surface area contributed by atoms with E-state index in [2.05, 4.69) is 9.71 Å². The summed E-state index contributed by atoms with van der Waals surface area (Å²) in [6.07, 6.45) is 3.34. The van der Waals surface area contributed by atoms with Crippen LogP contribution in [0.1, 0.15) is 24.2 Å². The van der Waals surface area contributed by atoms with Crippen LogP contribution in [0.4, 0.5) is 0 Å². The maximum absolute atomic E-state index is 11.8. The van der Waals surface area contributed by atoms with E-state index in [-0.39, 0.29) is 19.3 Å². The van der Waals surface area contributed by atoms with E-state index in [1.165, 1.54) is 6.20 Å². The topological polar surface area (TPSA) is 94.6 Å². The van der Waals surface area contributed by atoms with Gasteiger partial charge in [0.05, 0.1) is 17.9 Å². The number of sulfonamides is 1. The molecule has 0 radical (unpaired) electrons. The molecule has 21 heavy (non-hydrogen) atoms. The Labute approximate surface area is 124 Å². The van der Waals surface area contributed by atoms with Crippen molar-refractivity contribution in [2.45, 2.75) is 26.1 Å². The van der Waals surface area contributed by atoms with Gasteiger partial charge in [0, 0.05) is 18.9 Å². The highest BCUT2D eigenvalue weighted by Gasteiger charge is 2.17. The Morgan fingerprint density at radius 3 is 2.67 bits per heavy atom. The minimum absolute atomic E-state index is 0.0390. The van der Waals surface area contributed by atoms with Gasteiger partial charge in [0.25, 0.3) is 0 Å². The second kappa shape index (κ2) is 8.06. The normalized spacial score (nSPS) is 13.1. The molecule has 0 saturated heterocycles. The maximum Gasteiger partial charge on any atom is 0.339 e. The van der Waals surface area contributed by atoms with Crippen molar-refractivity contribution in [2.75, 3.05) is 19.4 Å². The molecule has 1 atom stereocenters. The third-order valence-corrected chi connectivity index (χ3v) is 3.03. The number of hydrogen-bond acceptors (Lipinski definition) is 6. The summed E-state index contributed by atoms with van der Waals surface area (Å²) >= 11 is 0. The third-order valence-electron chi connectivity index (χ3n) is 2.34. The molecule has 0 aromatic carbocycles. The third kappa shape index (κ3) is 7.74. The Kier molecular flexibility index (Phi) is 6.73. The van der Waals surface area contributed by atoms with Crippen molar-refractivity contribution in [3.8, 4) is 0 Å². The van der Waals surface area contributed by atoms with Crippen molar-refractivity contribution in [1.82, 2.24) is 9.71 Å². The number of rotatable bonds is 8. The zero-order chi connectivity index (χ0) is 15.9. The summed E-state index contributed by atoms with van der Waals surface area (Å²) in [6, 6.07) is 3.21. The van der Waals surface area contributed by atoms with E-state index in [9.17, 15) is 13.2 Å². The molecule has 0 aliphatic carbocycles. The molecule has 1 rings (SSSR count). The summed E-state index contributed by atoms with van der Waals surface area (Å²) in [5.41, 5.74) is 0.330. The van der Waals surface area contributed by atoms with Crippen molar-refractivity contribution < 1.29 is 22.7 Å². The summed E-state index contributed by atoms with van der Waals surface area (Å²) in [5.74, 6) is -0.528. The molecule has 1 aromatic heterocycles. The maximum atomic E-state index is 11.8. The van der Waals surface area contributed by atoms with Gasteiger partial charge in [-0.15, -0.1) is 0 Å². The fraction of sp³-hybridized carbons (Fsp3) is 0.538. The van der Waals surface area contributed by atoms with Crippen LogP contribution in [0.2, 0.25) is 0 Å². The Morgan fingerprint density at radius 2 is 2.14 bits per heavy atom. The molecule has 1 aromatic rings. The molecule has 0 amide bonds. The van der Waals surface area contributed by atoms with Gasteiger partial charge in [0.2, 0.25) is 10.0 Å².